The number of carbonyl (C=O) groups excluding carboxylic acids is 1. The van der Waals surface area contributed by atoms with E-state index < -0.39 is 0 Å². The summed E-state index contributed by atoms with van der Waals surface area (Å²) in [6.07, 6.45) is 3.73. The molecule has 116 valence electrons. The van der Waals surface area contributed by atoms with Crippen molar-refractivity contribution in [2.45, 2.75) is 52.1 Å². The maximum absolute atomic E-state index is 11.9. The molecule has 21 heavy (non-hydrogen) atoms. The van der Waals surface area contributed by atoms with E-state index in [2.05, 4.69) is 48.9 Å². The molecule has 1 fully saturated rings. The Balaban J connectivity index is 1.80. The second-order valence-electron chi connectivity index (χ2n) is 6.08. The summed E-state index contributed by atoms with van der Waals surface area (Å²) in [5.74, 6) is 0.826. The molecule has 0 radical (unpaired) electrons. The van der Waals surface area contributed by atoms with Crippen LogP contribution in [0.2, 0.25) is 0 Å². The van der Waals surface area contributed by atoms with Crippen LogP contribution in [0.4, 0.5) is 10.5 Å². The number of nitrogens with one attached hydrogen (secondary N) is 3. The minimum atomic E-state index is -0.115. The highest BCUT2D eigenvalue weighted by Crippen LogP contribution is 2.33. The van der Waals surface area contributed by atoms with Crippen LogP contribution in [0.3, 0.4) is 0 Å². The van der Waals surface area contributed by atoms with Crippen molar-refractivity contribution in [2.24, 2.45) is 5.92 Å². The molecule has 3 N–H and O–H groups in total. The van der Waals surface area contributed by atoms with Crippen LogP contribution in [0.1, 0.15) is 51.6 Å². The van der Waals surface area contributed by atoms with E-state index in [4.69, 9.17) is 0 Å². The minimum absolute atomic E-state index is 0.115. The highest BCUT2D eigenvalue weighted by molar-refractivity contribution is 5.89. The molecule has 2 atom stereocenters. The van der Waals surface area contributed by atoms with E-state index >= 15 is 0 Å². The topological polar surface area (TPSA) is 53.2 Å². The lowest BCUT2D eigenvalue weighted by Crippen LogP contribution is -2.36. The predicted molar refractivity (Wildman–Crippen MR) is 87.5 cm³/mol. The first-order valence-electron chi connectivity index (χ1n) is 7.99. The van der Waals surface area contributed by atoms with Crippen LogP contribution in [0.5, 0.6) is 0 Å². The Morgan fingerprint density at radius 1 is 1.24 bits per heavy atom. The summed E-state index contributed by atoms with van der Waals surface area (Å²) in [5.41, 5.74) is 2.06. The Kier molecular flexibility index (Phi) is 5.62. The molecule has 1 aromatic rings. The molecule has 0 bridgehead atoms. The molecule has 1 aliphatic rings. The lowest BCUT2D eigenvalue weighted by atomic mass is 10.1. The monoisotopic (exact) mass is 289 g/mol. The maximum Gasteiger partial charge on any atom is 0.319 e. The van der Waals surface area contributed by atoms with E-state index in [1.807, 2.05) is 12.1 Å². The minimum Gasteiger partial charge on any atom is -0.335 e. The number of benzene rings is 1. The second kappa shape index (κ2) is 7.46. The van der Waals surface area contributed by atoms with E-state index in [9.17, 15) is 4.79 Å². The van der Waals surface area contributed by atoms with Crippen molar-refractivity contribution in [3.8, 4) is 0 Å². The smallest absolute Gasteiger partial charge is 0.319 e. The summed E-state index contributed by atoms with van der Waals surface area (Å²) in [6, 6.07) is 8.47. The fraction of sp³-hybridized carbons (Fsp3) is 0.588. The molecule has 1 saturated carbocycles. The van der Waals surface area contributed by atoms with Crippen LogP contribution >= 0.6 is 0 Å². The van der Waals surface area contributed by atoms with Crippen LogP contribution in [-0.4, -0.2) is 18.6 Å². The Hall–Kier alpha value is -1.55. The van der Waals surface area contributed by atoms with Gasteiger partial charge < -0.3 is 16.0 Å². The first kappa shape index (κ1) is 15.8. The van der Waals surface area contributed by atoms with Crippen LogP contribution in [-0.2, 0) is 0 Å². The number of anilines is 1. The average molecular weight is 289 g/mol. The van der Waals surface area contributed by atoms with Crippen molar-refractivity contribution < 1.29 is 4.79 Å². The molecule has 0 saturated heterocycles. The van der Waals surface area contributed by atoms with Crippen molar-refractivity contribution >= 4 is 11.7 Å². The lowest BCUT2D eigenvalue weighted by Gasteiger charge is -2.15. The molecule has 0 aromatic heterocycles. The van der Waals surface area contributed by atoms with Gasteiger partial charge in [-0.05, 0) is 50.4 Å². The largest absolute Gasteiger partial charge is 0.335 e. The number of hydrogen-bond donors (Lipinski definition) is 3. The Labute approximate surface area is 127 Å². The Bertz CT molecular complexity index is 454. The van der Waals surface area contributed by atoms with Gasteiger partial charge >= 0.3 is 6.03 Å². The van der Waals surface area contributed by atoms with E-state index in [1.165, 1.54) is 18.4 Å². The summed E-state index contributed by atoms with van der Waals surface area (Å²) in [4.78, 5) is 11.9. The standard InChI is InChI=1S/C17H27N3O/c1-4-18-13(3)15-7-9-16(10-8-15)20-17(21)19-12(2)11-14-5-6-14/h7-10,12-14,18H,4-6,11H2,1-3H3,(H2,19,20,21). The van der Waals surface area contributed by atoms with Gasteiger partial charge in [0.15, 0.2) is 0 Å². The van der Waals surface area contributed by atoms with Gasteiger partial charge in [-0.25, -0.2) is 4.79 Å². The molecule has 4 nitrogen and oxygen atoms in total. The molecule has 2 unspecified atom stereocenters. The summed E-state index contributed by atoms with van der Waals surface area (Å²) in [5, 5.41) is 9.26. The van der Waals surface area contributed by atoms with Gasteiger partial charge in [0.05, 0.1) is 0 Å². The van der Waals surface area contributed by atoms with Crippen LogP contribution in [0, 0.1) is 5.92 Å². The summed E-state index contributed by atoms with van der Waals surface area (Å²) in [7, 11) is 0. The molecule has 0 aliphatic heterocycles. The van der Waals surface area contributed by atoms with Gasteiger partial charge in [-0.2, -0.15) is 0 Å². The maximum atomic E-state index is 11.9. The fourth-order valence-electron chi connectivity index (χ4n) is 2.58. The molecule has 1 aromatic carbocycles. The highest BCUT2D eigenvalue weighted by atomic mass is 16.2. The molecular weight excluding hydrogens is 262 g/mol. The molecule has 0 spiro atoms. The number of hydrogen-bond acceptors (Lipinski definition) is 2. The normalized spacial score (nSPS) is 17.1. The average Bonchev–Trinajstić information content (AvgIpc) is 3.23. The van der Waals surface area contributed by atoms with Crippen molar-refractivity contribution in [2.75, 3.05) is 11.9 Å². The lowest BCUT2D eigenvalue weighted by molar-refractivity contribution is 0.248. The Morgan fingerprint density at radius 2 is 1.90 bits per heavy atom. The van der Waals surface area contributed by atoms with Gasteiger partial charge in [-0.3, -0.25) is 0 Å². The third kappa shape index (κ3) is 5.38. The molecule has 1 aliphatic carbocycles. The summed E-state index contributed by atoms with van der Waals surface area (Å²) >= 11 is 0. The van der Waals surface area contributed by atoms with Gasteiger partial charge in [-0.15, -0.1) is 0 Å². The molecule has 2 rings (SSSR count). The number of amides is 2. The van der Waals surface area contributed by atoms with E-state index in [-0.39, 0.29) is 12.1 Å². The summed E-state index contributed by atoms with van der Waals surface area (Å²) in [6.45, 7) is 7.25. The first-order chi connectivity index (χ1) is 10.1. The quantitative estimate of drug-likeness (QED) is 0.717. The zero-order valence-corrected chi connectivity index (χ0v) is 13.3. The Morgan fingerprint density at radius 3 is 2.48 bits per heavy atom. The first-order valence-corrected chi connectivity index (χ1v) is 7.99. The predicted octanol–water partition coefficient (Wildman–Crippen LogP) is 3.67. The fourth-order valence-corrected chi connectivity index (χ4v) is 2.58. The number of urea groups is 1. The summed E-state index contributed by atoms with van der Waals surface area (Å²) < 4.78 is 0. The van der Waals surface area contributed by atoms with Gasteiger partial charge in [0.1, 0.15) is 0 Å². The van der Waals surface area contributed by atoms with Crippen LogP contribution in [0.25, 0.3) is 0 Å². The third-order valence-corrected chi connectivity index (χ3v) is 3.94. The zero-order valence-electron chi connectivity index (χ0n) is 13.3. The van der Waals surface area contributed by atoms with Crippen LogP contribution in [0.15, 0.2) is 24.3 Å². The van der Waals surface area contributed by atoms with Gasteiger partial charge in [0.2, 0.25) is 0 Å². The van der Waals surface area contributed by atoms with Crippen molar-refractivity contribution in [3.05, 3.63) is 29.8 Å². The molecule has 4 heteroatoms. The number of rotatable bonds is 7. The third-order valence-electron chi connectivity index (χ3n) is 3.94. The number of carbonyl (C=O) groups is 1. The van der Waals surface area contributed by atoms with E-state index in [0.29, 0.717) is 6.04 Å². The molecule has 2 amide bonds. The van der Waals surface area contributed by atoms with Crippen LogP contribution < -0.4 is 16.0 Å². The van der Waals surface area contributed by atoms with Crippen molar-refractivity contribution in [3.63, 3.8) is 0 Å². The van der Waals surface area contributed by atoms with E-state index in [0.717, 1.165) is 24.6 Å². The van der Waals surface area contributed by atoms with Crippen molar-refractivity contribution in [1.82, 2.24) is 10.6 Å². The SMILES string of the molecule is CCNC(C)c1ccc(NC(=O)NC(C)CC2CC2)cc1. The second-order valence-corrected chi connectivity index (χ2v) is 6.08. The molecular formula is C17H27N3O. The highest BCUT2D eigenvalue weighted by Gasteiger charge is 2.24. The van der Waals surface area contributed by atoms with Gasteiger partial charge in [-0.1, -0.05) is 31.9 Å². The zero-order chi connectivity index (χ0) is 15.2. The van der Waals surface area contributed by atoms with Crippen molar-refractivity contribution in [1.29, 1.82) is 0 Å². The van der Waals surface area contributed by atoms with Gasteiger partial charge in [0.25, 0.3) is 0 Å². The van der Waals surface area contributed by atoms with E-state index in [1.54, 1.807) is 0 Å². The van der Waals surface area contributed by atoms with Gasteiger partial charge in [0, 0.05) is 17.8 Å². The molecule has 0 heterocycles.